The van der Waals surface area contributed by atoms with E-state index in [0.29, 0.717) is 18.6 Å². The molecule has 1 aromatic carbocycles. The van der Waals surface area contributed by atoms with Crippen molar-refractivity contribution in [2.24, 2.45) is 4.99 Å². The second-order valence-electron chi connectivity index (χ2n) is 6.00. The number of hydrogen-bond donors (Lipinski definition) is 3. The van der Waals surface area contributed by atoms with Crippen LogP contribution in [0.2, 0.25) is 0 Å². The van der Waals surface area contributed by atoms with Gasteiger partial charge < -0.3 is 16.0 Å². The van der Waals surface area contributed by atoms with Crippen molar-refractivity contribution in [2.75, 3.05) is 25.5 Å². The van der Waals surface area contributed by atoms with Crippen LogP contribution in [0, 0.1) is 5.82 Å². The first-order valence-electron chi connectivity index (χ1n) is 8.85. The lowest BCUT2D eigenvalue weighted by atomic mass is 10.1. The second kappa shape index (κ2) is 10.5. The fraction of sp³-hybridized carbons (Fsp3) is 0.368. The van der Waals surface area contributed by atoms with E-state index in [9.17, 15) is 17.6 Å². The molecule has 0 spiro atoms. The van der Waals surface area contributed by atoms with E-state index in [2.05, 4.69) is 25.9 Å². The predicted molar refractivity (Wildman–Crippen MR) is 102 cm³/mol. The van der Waals surface area contributed by atoms with Crippen molar-refractivity contribution in [2.45, 2.75) is 25.6 Å². The van der Waals surface area contributed by atoms with Gasteiger partial charge in [0.1, 0.15) is 11.6 Å². The van der Waals surface area contributed by atoms with E-state index in [1.54, 1.807) is 6.20 Å². The molecule has 0 radical (unpaired) electrons. The summed E-state index contributed by atoms with van der Waals surface area (Å²) < 4.78 is 52.2. The van der Waals surface area contributed by atoms with Crippen LogP contribution < -0.4 is 16.0 Å². The lowest BCUT2D eigenvalue weighted by Gasteiger charge is -2.16. The number of aliphatic imine (C=N–C) groups is 1. The average molecular weight is 397 g/mol. The highest BCUT2D eigenvalue weighted by Gasteiger charge is 2.33. The molecule has 9 heteroatoms. The largest absolute Gasteiger partial charge is 0.416 e. The molecule has 0 amide bonds. The lowest BCUT2D eigenvalue weighted by Crippen LogP contribution is -2.37. The van der Waals surface area contributed by atoms with Crippen LogP contribution in [0.1, 0.15) is 24.0 Å². The fourth-order valence-electron chi connectivity index (χ4n) is 2.51. The van der Waals surface area contributed by atoms with Gasteiger partial charge in [-0.25, -0.2) is 9.37 Å². The Hall–Kier alpha value is -2.84. The summed E-state index contributed by atoms with van der Waals surface area (Å²) in [4.78, 5) is 8.15. The maximum absolute atomic E-state index is 13.2. The van der Waals surface area contributed by atoms with Crippen LogP contribution in [0.5, 0.6) is 0 Å². The first-order chi connectivity index (χ1) is 13.4. The van der Waals surface area contributed by atoms with Crippen LogP contribution in [0.15, 0.2) is 47.6 Å². The Kier molecular flexibility index (Phi) is 8.03. The number of benzene rings is 1. The minimum Gasteiger partial charge on any atom is -0.370 e. The highest BCUT2D eigenvalue weighted by Crippen LogP contribution is 2.32. The van der Waals surface area contributed by atoms with Crippen molar-refractivity contribution in [3.8, 4) is 0 Å². The molecule has 152 valence electrons. The Morgan fingerprint density at radius 2 is 1.86 bits per heavy atom. The topological polar surface area (TPSA) is 61.3 Å². The number of guanidine groups is 1. The number of rotatable bonds is 8. The number of pyridine rings is 1. The Balaban J connectivity index is 1.73. The molecule has 0 atom stereocenters. The molecule has 28 heavy (non-hydrogen) atoms. The number of aromatic nitrogens is 1. The number of halogens is 4. The molecule has 1 aromatic heterocycles. The molecule has 0 saturated carbocycles. The Morgan fingerprint density at radius 1 is 1.07 bits per heavy atom. The molecule has 2 rings (SSSR count). The Bertz CT molecular complexity index is 763. The van der Waals surface area contributed by atoms with Gasteiger partial charge in [-0.1, -0.05) is 12.1 Å². The third-order valence-electron chi connectivity index (χ3n) is 3.91. The SMILES string of the molecule is CN=C(NCCCCNc1ccccn1)NCc1ccc(F)cc1C(F)(F)F. The third-order valence-corrected chi connectivity index (χ3v) is 3.91. The maximum atomic E-state index is 13.2. The van der Waals surface area contributed by atoms with E-state index < -0.39 is 17.6 Å². The molecule has 3 N–H and O–H groups in total. The summed E-state index contributed by atoms with van der Waals surface area (Å²) >= 11 is 0. The molecule has 2 aromatic rings. The van der Waals surface area contributed by atoms with Crippen molar-refractivity contribution in [1.82, 2.24) is 15.6 Å². The van der Waals surface area contributed by atoms with Gasteiger partial charge in [0.25, 0.3) is 0 Å². The first kappa shape index (κ1) is 21.5. The molecule has 0 saturated heterocycles. The van der Waals surface area contributed by atoms with E-state index in [4.69, 9.17) is 0 Å². The van der Waals surface area contributed by atoms with Gasteiger partial charge in [0.2, 0.25) is 0 Å². The van der Waals surface area contributed by atoms with Crippen LogP contribution in [0.4, 0.5) is 23.4 Å². The first-order valence-corrected chi connectivity index (χ1v) is 8.85. The number of nitrogens with zero attached hydrogens (tertiary/aromatic N) is 2. The smallest absolute Gasteiger partial charge is 0.370 e. The molecule has 0 unspecified atom stereocenters. The van der Waals surface area contributed by atoms with E-state index >= 15 is 0 Å². The number of hydrogen-bond acceptors (Lipinski definition) is 3. The van der Waals surface area contributed by atoms with E-state index in [1.165, 1.54) is 7.05 Å². The quantitative estimate of drug-likeness (QED) is 0.275. The lowest BCUT2D eigenvalue weighted by molar-refractivity contribution is -0.138. The highest BCUT2D eigenvalue weighted by molar-refractivity contribution is 5.79. The Labute approximate surface area is 161 Å². The van der Waals surface area contributed by atoms with Crippen molar-refractivity contribution in [1.29, 1.82) is 0 Å². The molecule has 0 aliphatic carbocycles. The molecular weight excluding hydrogens is 374 g/mol. The van der Waals surface area contributed by atoms with Crippen LogP contribution >= 0.6 is 0 Å². The van der Waals surface area contributed by atoms with E-state index in [0.717, 1.165) is 37.3 Å². The summed E-state index contributed by atoms with van der Waals surface area (Å²) in [5, 5.41) is 9.07. The van der Waals surface area contributed by atoms with Gasteiger partial charge in [0.05, 0.1) is 5.56 Å². The number of nitrogens with one attached hydrogen (secondary N) is 3. The Morgan fingerprint density at radius 3 is 2.54 bits per heavy atom. The zero-order chi connectivity index (χ0) is 20.4. The number of anilines is 1. The van der Waals surface area contributed by atoms with Crippen LogP contribution in [-0.4, -0.2) is 31.1 Å². The van der Waals surface area contributed by atoms with Crippen molar-refractivity contribution >= 4 is 11.8 Å². The second-order valence-corrected chi connectivity index (χ2v) is 6.00. The van der Waals surface area contributed by atoms with Crippen molar-refractivity contribution in [3.63, 3.8) is 0 Å². The standard InChI is InChI=1S/C19H23F4N5/c1-24-18(27-11-5-4-10-26-17-6-2-3-9-25-17)28-13-14-7-8-15(20)12-16(14)19(21,22)23/h2-3,6-9,12H,4-5,10-11,13H2,1H3,(H,25,26)(H2,24,27,28). The average Bonchev–Trinajstić information content (AvgIpc) is 2.67. The number of alkyl halides is 3. The fourth-order valence-corrected chi connectivity index (χ4v) is 2.51. The molecular formula is C19H23F4N5. The summed E-state index contributed by atoms with van der Waals surface area (Å²) in [6, 6.07) is 8.27. The summed E-state index contributed by atoms with van der Waals surface area (Å²) in [7, 11) is 1.54. The molecule has 5 nitrogen and oxygen atoms in total. The predicted octanol–water partition coefficient (Wildman–Crippen LogP) is 3.80. The van der Waals surface area contributed by atoms with Crippen LogP contribution in [0.3, 0.4) is 0 Å². The normalized spacial score (nSPS) is 12.0. The third kappa shape index (κ3) is 7.05. The minimum absolute atomic E-state index is 0.0450. The summed E-state index contributed by atoms with van der Waals surface area (Å²) in [5.74, 6) is 0.278. The van der Waals surface area contributed by atoms with E-state index in [1.807, 2.05) is 18.2 Å². The molecule has 0 fully saturated rings. The van der Waals surface area contributed by atoms with Gasteiger partial charge in [-0.15, -0.1) is 0 Å². The van der Waals surface area contributed by atoms with Crippen LogP contribution in [-0.2, 0) is 12.7 Å². The zero-order valence-electron chi connectivity index (χ0n) is 15.5. The molecule has 0 aliphatic rings. The van der Waals surface area contributed by atoms with Gasteiger partial charge in [-0.05, 0) is 42.7 Å². The van der Waals surface area contributed by atoms with Gasteiger partial charge in [0, 0.05) is 32.9 Å². The van der Waals surface area contributed by atoms with Gasteiger partial charge in [0.15, 0.2) is 5.96 Å². The molecule has 1 heterocycles. The van der Waals surface area contributed by atoms with Gasteiger partial charge in [-0.3, -0.25) is 4.99 Å². The van der Waals surface area contributed by atoms with Crippen LogP contribution in [0.25, 0.3) is 0 Å². The molecule has 0 aliphatic heterocycles. The van der Waals surface area contributed by atoms with Gasteiger partial charge >= 0.3 is 6.18 Å². The summed E-state index contributed by atoms with van der Waals surface area (Å²) in [6.07, 6.45) is -1.18. The maximum Gasteiger partial charge on any atom is 0.416 e. The summed E-state index contributed by atoms with van der Waals surface area (Å²) in [6.45, 7) is 1.25. The van der Waals surface area contributed by atoms with Crippen molar-refractivity contribution < 1.29 is 17.6 Å². The highest BCUT2D eigenvalue weighted by atomic mass is 19.4. The molecule has 0 bridgehead atoms. The zero-order valence-corrected chi connectivity index (χ0v) is 15.5. The minimum atomic E-state index is -4.61. The van der Waals surface area contributed by atoms with Crippen molar-refractivity contribution in [3.05, 3.63) is 59.5 Å². The summed E-state index contributed by atoms with van der Waals surface area (Å²) in [5.41, 5.74) is -1.03. The monoisotopic (exact) mass is 397 g/mol. The number of unbranched alkanes of at least 4 members (excludes halogenated alkanes) is 1. The van der Waals surface area contributed by atoms with E-state index in [-0.39, 0.29) is 12.1 Å². The van der Waals surface area contributed by atoms with Gasteiger partial charge in [-0.2, -0.15) is 13.2 Å².